The number of hydrogen-bond donors (Lipinski definition) is 1. The molecule has 0 saturated heterocycles. The van der Waals surface area contributed by atoms with Crippen LogP contribution in [0.2, 0.25) is 0 Å². The van der Waals surface area contributed by atoms with Crippen LogP contribution in [0.3, 0.4) is 0 Å². The van der Waals surface area contributed by atoms with Crippen molar-refractivity contribution in [3.05, 3.63) is 29.8 Å². The quantitative estimate of drug-likeness (QED) is 0.813. The average molecular weight is 278 g/mol. The average Bonchev–Trinajstić information content (AvgIpc) is 2.33. The summed E-state index contributed by atoms with van der Waals surface area (Å²) in [6, 6.07) is 5.54. The Morgan fingerprint density at radius 2 is 1.84 bits per heavy atom. The molecular weight excluding hydrogens is 265 g/mol. The van der Waals surface area contributed by atoms with E-state index in [1.54, 1.807) is 0 Å². The zero-order valence-corrected chi connectivity index (χ0v) is 10.1. The highest BCUT2D eigenvalue weighted by Gasteiger charge is 2.36. The van der Waals surface area contributed by atoms with Crippen LogP contribution in [0.1, 0.15) is 17.3 Å². The van der Waals surface area contributed by atoms with Gasteiger partial charge in [0.25, 0.3) is 0 Å². The topological polar surface area (TPSA) is 55.8 Å². The molecule has 0 aliphatic rings. The van der Waals surface area contributed by atoms with Crippen LogP contribution < -0.4 is 4.74 Å². The van der Waals surface area contributed by atoms with Crippen molar-refractivity contribution < 1.29 is 32.5 Å². The summed E-state index contributed by atoms with van der Waals surface area (Å²) < 4.78 is 46.0. The predicted octanol–water partition coefficient (Wildman–Crippen LogP) is 2.73. The molecule has 1 unspecified atom stereocenters. The first-order chi connectivity index (χ1) is 8.80. The van der Waals surface area contributed by atoms with Crippen molar-refractivity contribution in [1.29, 1.82) is 0 Å². The number of benzene rings is 1. The van der Waals surface area contributed by atoms with Crippen LogP contribution in [-0.4, -0.2) is 36.6 Å². The number of hydrogen-bond acceptors (Lipinski definition) is 3. The first-order valence-electron chi connectivity index (χ1n) is 5.45. The van der Waals surface area contributed by atoms with E-state index in [-0.39, 0.29) is 18.8 Å². The first-order valence-corrected chi connectivity index (χ1v) is 5.45. The third-order valence-electron chi connectivity index (χ3n) is 2.28. The van der Waals surface area contributed by atoms with E-state index >= 15 is 0 Å². The molecule has 1 rings (SSSR count). The molecule has 0 aliphatic carbocycles. The fourth-order valence-electron chi connectivity index (χ4n) is 1.17. The number of ether oxygens (including phenoxy) is 2. The fraction of sp³-hybridized carbons (Fsp3) is 0.417. The summed E-state index contributed by atoms with van der Waals surface area (Å²) in [7, 11) is 0. The lowest BCUT2D eigenvalue weighted by Crippen LogP contribution is -2.29. The van der Waals surface area contributed by atoms with Gasteiger partial charge in [0.2, 0.25) is 0 Å². The molecule has 0 amide bonds. The number of carbonyl (C=O) groups is 1. The Morgan fingerprint density at radius 3 is 2.32 bits per heavy atom. The maximum atomic E-state index is 12.1. The molecular formula is C12H13F3O4. The summed E-state index contributed by atoms with van der Waals surface area (Å²) in [5.74, 6) is -0.692. The number of rotatable bonds is 6. The molecule has 0 aromatic heterocycles. The first kappa shape index (κ1) is 15.3. The summed E-state index contributed by atoms with van der Waals surface area (Å²) >= 11 is 0. The van der Waals surface area contributed by atoms with Gasteiger partial charge in [-0.15, -0.1) is 0 Å². The number of halogens is 3. The van der Waals surface area contributed by atoms with Crippen LogP contribution >= 0.6 is 0 Å². The monoisotopic (exact) mass is 278 g/mol. The minimum atomic E-state index is -4.39. The second-order valence-electron chi connectivity index (χ2n) is 3.73. The van der Waals surface area contributed by atoms with Crippen LogP contribution in [0.5, 0.6) is 5.75 Å². The molecule has 0 radical (unpaired) electrons. The summed E-state index contributed by atoms with van der Waals surface area (Å²) in [5, 5.41) is 8.66. The van der Waals surface area contributed by atoms with Crippen LogP contribution in [0.25, 0.3) is 0 Å². The van der Waals surface area contributed by atoms with Gasteiger partial charge in [0.05, 0.1) is 12.2 Å². The number of carboxylic acids is 1. The SMILES string of the molecule is CC(OCCOc1ccc(C(=O)O)cc1)C(F)(F)F. The molecule has 7 heteroatoms. The minimum Gasteiger partial charge on any atom is -0.491 e. The molecule has 0 bridgehead atoms. The zero-order chi connectivity index (χ0) is 14.5. The van der Waals surface area contributed by atoms with E-state index in [0.717, 1.165) is 6.92 Å². The predicted molar refractivity (Wildman–Crippen MR) is 60.4 cm³/mol. The Morgan fingerprint density at radius 1 is 1.26 bits per heavy atom. The van der Waals surface area contributed by atoms with E-state index in [1.165, 1.54) is 24.3 Å². The van der Waals surface area contributed by atoms with Crippen LogP contribution in [-0.2, 0) is 4.74 Å². The van der Waals surface area contributed by atoms with E-state index in [2.05, 4.69) is 4.74 Å². The Labute approximate surface area is 107 Å². The highest BCUT2D eigenvalue weighted by atomic mass is 19.4. The van der Waals surface area contributed by atoms with Crippen molar-refractivity contribution >= 4 is 5.97 Å². The number of alkyl halides is 3. The molecule has 0 fully saturated rings. The number of aromatic carboxylic acids is 1. The van der Waals surface area contributed by atoms with Gasteiger partial charge in [0.1, 0.15) is 12.4 Å². The fourth-order valence-corrected chi connectivity index (χ4v) is 1.17. The molecule has 1 aromatic rings. The lowest BCUT2D eigenvalue weighted by atomic mass is 10.2. The molecule has 106 valence electrons. The standard InChI is InChI=1S/C12H13F3O4/c1-8(12(13,14)15)18-6-7-19-10-4-2-9(3-5-10)11(16)17/h2-5,8H,6-7H2,1H3,(H,16,17). The van der Waals surface area contributed by atoms with Crippen LogP contribution in [0.15, 0.2) is 24.3 Å². The molecule has 0 heterocycles. The maximum absolute atomic E-state index is 12.1. The molecule has 4 nitrogen and oxygen atoms in total. The van der Waals surface area contributed by atoms with Crippen molar-refractivity contribution in [2.75, 3.05) is 13.2 Å². The van der Waals surface area contributed by atoms with Crippen LogP contribution in [0, 0.1) is 0 Å². The Bertz CT molecular complexity index is 414. The van der Waals surface area contributed by atoms with Crippen molar-refractivity contribution in [3.63, 3.8) is 0 Å². The van der Waals surface area contributed by atoms with Crippen LogP contribution in [0.4, 0.5) is 13.2 Å². The van der Waals surface area contributed by atoms with Gasteiger partial charge < -0.3 is 14.6 Å². The molecule has 0 aliphatic heterocycles. The van der Waals surface area contributed by atoms with Crippen molar-refractivity contribution in [3.8, 4) is 5.75 Å². The second-order valence-corrected chi connectivity index (χ2v) is 3.73. The normalized spacial score (nSPS) is 13.1. The van der Waals surface area contributed by atoms with E-state index in [1.807, 2.05) is 0 Å². The van der Waals surface area contributed by atoms with Gasteiger partial charge in [-0.1, -0.05) is 0 Å². The highest BCUT2D eigenvalue weighted by Crippen LogP contribution is 2.22. The largest absolute Gasteiger partial charge is 0.491 e. The lowest BCUT2D eigenvalue weighted by Gasteiger charge is -2.16. The van der Waals surface area contributed by atoms with E-state index < -0.39 is 18.2 Å². The van der Waals surface area contributed by atoms with Gasteiger partial charge in [-0.2, -0.15) is 13.2 Å². The second kappa shape index (κ2) is 6.42. The minimum absolute atomic E-state index is 0.0488. The van der Waals surface area contributed by atoms with E-state index in [4.69, 9.17) is 9.84 Å². The van der Waals surface area contributed by atoms with Crippen molar-refractivity contribution in [2.24, 2.45) is 0 Å². The van der Waals surface area contributed by atoms with Gasteiger partial charge in [-0.3, -0.25) is 0 Å². The highest BCUT2D eigenvalue weighted by molar-refractivity contribution is 5.87. The van der Waals surface area contributed by atoms with Gasteiger partial charge in [0, 0.05) is 0 Å². The number of carboxylic acid groups (broad SMARTS) is 1. The molecule has 19 heavy (non-hydrogen) atoms. The Kier molecular flexibility index (Phi) is 5.17. The summed E-state index contributed by atoms with van der Waals surface area (Å²) in [6.07, 6.45) is -6.23. The Hall–Kier alpha value is -1.76. The van der Waals surface area contributed by atoms with Gasteiger partial charge in [-0.25, -0.2) is 4.79 Å². The molecule has 1 N–H and O–H groups in total. The van der Waals surface area contributed by atoms with Gasteiger partial charge >= 0.3 is 12.1 Å². The summed E-state index contributed by atoms with van der Waals surface area (Å²) in [4.78, 5) is 10.6. The van der Waals surface area contributed by atoms with E-state index in [0.29, 0.717) is 5.75 Å². The molecule has 1 atom stereocenters. The Balaban J connectivity index is 2.32. The summed E-state index contributed by atoms with van der Waals surface area (Å²) in [6.45, 7) is 0.663. The third-order valence-corrected chi connectivity index (χ3v) is 2.28. The van der Waals surface area contributed by atoms with Crippen molar-refractivity contribution in [1.82, 2.24) is 0 Å². The van der Waals surface area contributed by atoms with Gasteiger partial charge in [-0.05, 0) is 31.2 Å². The molecule has 0 saturated carbocycles. The van der Waals surface area contributed by atoms with Gasteiger partial charge in [0.15, 0.2) is 6.10 Å². The lowest BCUT2D eigenvalue weighted by molar-refractivity contribution is -0.215. The maximum Gasteiger partial charge on any atom is 0.414 e. The molecule has 0 spiro atoms. The smallest absolute Gasteiger partial charge is 0.414 e. The third kappa shape index (κ3) is 5.17. The summed E-state index contributed by atoms with van der Waals surface area (Å²) in [5.41, 5.74) is 0.106. The molecule has 1 aromatic carbocycles. The van der Waals surface area contributed by atoms with E-state index in [9.17, 15) is 18.0 Å². The van der Waals surface area contributed by atoms with Crippen molar-refractivity contribution in [2.45, 2.75) is 19.2 Å². The zero-order valence-electron chi connectivity index (χ0n) is 10.1.